The summed E-state index contributed by atoms with van der Waals surface area (Å²) < 4.78 is 1.37. The van der Waals surface area contributed by atoms with Gasteiger partial charge in [-0.25, -0.2) is 9.67 Å². The van der Waals surface area contributed by atoms with Crippen LogP contribution in [0.4, 0.5) is 5.82 Å². The summed E-state index contributed by atoms with van der Waals surface area (Å²) in [5.41, 5.74) is 1.42. The maximum absolute atomic E-state index is 11.7. The third kappa shape index (κ3) is 2.91. The Morgan fingerprint density at radius 3 is 2.72 bits per heavy atom. The van der Waals surface area contributed by atoms with Crippen molar-refractivity contribution in [1.29, 1.82) is 0 Å². The van der Waals surface area contributed by atoms with Crippen LogP contribution in [-0.2, 0) is 6.54 Å². The van der Waals surface area contributed by atoms with E-state index in [1.165, 1.54) is 4.68 Å². The van der Waals surface area contributed by atoms with Gasteiger partial charge in [-0.15, -0.1) is 0 Å². The maximum atomic E-state index is 11.7. The highest BCUT2D eigenvalue weighted by Gasteiger charge is 2.01. The van der Waals surface area contributed by atoms with E-state index in [4.69, 9.17) is 0 Å². The molecule has 0 aliphatic rings. The first-order valence-corrected chi connectivity index (χ1v) is 5.77. The Morgan fingerprint density at radius 1 is 1.28 bits per heavy atom. The lowest BCUT2D eigenvalue weighted by Crippen LogP contribution is -2.23. The fourth-order valence-corrected chi connectivity index (χ4v) is 1.51. The minimum absolute atomic E-state index is 0.132. The molecular formula is C12H15N5O. The quantitative estimate of drug-likeness (QED) is 0.863. The molecule has 94 valence electrons. The number of hydrogen-bond acceptors (Lipinski definition) is 5. The van der Waals surface area contributed by atoms with Gasteiger partial charge in [-0.1, -0.05) is 0 Å². The third-order valence-electron chi connectivity index (χ3n) is 2.38. The molecule has 2 heterocycles. The lowest BCUT2D eigenvalue weighted by molar-refractivity contribution is 0.623. The zero-order chi connectivity index (χ0) is 13.0. The van der Waals surface area contributed by atoms with Gasteiger partial charge in [0.05, 0.1) is 30.8 Å². The van der Waals surface area contributed by atoms with Crippen molar-refractivity contribution in [2.75, 3.05) is 11.9 Å². The molecule has 0 aliphatic carbocycles. The lowest BCUT2D eigenvalue weighted by atomic mass is 10.3. The van der Waals surface area contributed by atoms with E-state index < -0.39 is 0 Å². The second-order valence-electron chi connectivity index (χ2n) is 3.95. The van der Waals surface area contributed by atoms with Crippen molar-refractivity contribution in [2.24, 2.45) is 0 Å². The Hall–Kier alpha value is -2.24. The van der Waals surface area contributed by atoms with E-state index in [1.54, 1.807) is 24.7 Å². The molecule has 2 aromatic rings. The summed E-state index contributed by atoms with van der Waals surface area (Å²) in [5.74, 6) is 0.727. The van der Waals surface area contributed by atoms with E-state index in [9.17, 15) is 4.79 Å². The SMILES string of the molecule is CCNc1cnc(Cn2ncc(C)cc2=O)cn1. The van der Waals surface area contributed by atoms with Crippen LogP contribution >= 0.6 is 0 Å². The maximum Gasteiger partial charge on any atom is 0.267 e. The van der Waals surface area contributed by atoms with E-state index in [-0.39, 0.29) is 5.56 Å². The Morgan fingerprint density at radius 2 is 2.11 bits per heavy atom. The van der Waals surface area contributed by atoms with Gasteiger partial charge in [0, 0.05) is 12.6 Å². The molecule has 0 saturated carbocycles. The second kappa shape index (κ2) is 5.39. The smallest absolute Gasteiger partial charge is 0.267 e. The van der Waals surface area contributed by atoms with E-state index >= 15 is 0 Å². The van der Waals surface area contributed by atoms with Gasteiger partial charge in [0.1, 0.15) is 5.82 Å². The average Bonchev–Trinajstić information content (AvgIpc) is 2.35. The van der Waals surface area contributed by atoms with Crippen LogP contribution in [0.1, 0.15) is 18.2 Å². The first-order chi connectivity index (χ1) is 8.69. The van der Waals surface area contributed by atoms with Crippen LogP contribution in [0.5, 0.6) is 0 Å². The van der Waals surface area contributed by atoms with E-state index in [2.05, 4.69) is 20.4 Å². The van der Waals surface area contributed by atoms with Gasteiger partial charge in [-0.05, 0) is 19.4 Å². The molecular weight excluding hydrogens is 230 g/mol. The predicted molar refractivity (Wildman–Crippen MR) is 68.5 cm³/mol. The van der Waals surface area contributed by atoms with Gasteiger partial charge < -0.3 is 5.32 Å². The molecule has 0 bridgehead atoms. The molecule has 2 aromatic heterocycles. The minimum Gasteiger partial charge on any atom is -0.369 e. The van der Waals surface area contributed by atoms with Crippen molar-refractivity contribution >= 4 is 5.82 Å². The van der Waals surface area contributed by atoms with Crippen LogP contribution in [0.2, 0.25) is 0 Å². The van der Waals surface area contributed by atoms with Gasteiger partial charge in [0.2, 0.25) is 0 Å². The van der Waals surface area contributed by atoms with Crippen LogP contribution in [0.25, 0.3) is 0 Å². The summed E-state index contributed by atoms with van der Waals surface area (Å²) in [6.07, 6.45) is 4.95. The lowest BCUT2D eigenvalue weighted by Gasteiger charge is -2.05. The molecule has 0 radical (unpaired) electrons. The van der Waals surface area contributed by atoms with Crippen molar-refractivity contribution in [3.05, 3.63) is 46.3 Å². The van der Waals surface area contributed by atoms with Crippen LogP contribution in [0.15, 0.2) is 29.5 Å². The summed E-state index contributed by atoms with van der Waals surface area (Å²) in [6, 6.07) is 1.55. The highest BCUT2D eigenvalue weighted by molar-refractivity contribution is 5.30. The Kier molecular flexibility index (Phi) is 3.66. The average molecular weight is 245 g/mol. The summed E-state index contributed by atoms with van der Waals surface area (Å²) in [6.45, 7) is 4.96. The third-order valence-corrected chi connectivity index (χ3v) is 2.38. The molecule has 0 spiro atoms. The van der Waals surface area contributed by atoms with Gasteiger partial charge in [-0.3, -0.25) is 9.78 Å². The Labute approximate surface area is 105 Å². The summed E-state index contributed by atoms with van der Waals surface area (Å²) >= 11 is 0. The number of aryl methyl sites for hydroxylation is 1. The van der Waals surface area contributed by atoms with Gasteiger partial charge in [0.15, 0.2) is 0 Å². The summed E-state index contributed by atoms with van der Waals surface area (Å²) in [5, 5.41) is 7.11. The number of rotatable bonds is 4. The molecule has 0 fully saturated rings. The van der Waals surface area contributed by atoms with Gasteiger partial charge >= 0.3 is 0 Å². The number of aromatic nitrogens is 4. The first-order valence-electron chi connectivity index (χ1n) is 5.77. The molecule has 0 amide bonds. The molecule has 6 nitrogen and oxygen atoms in total. The molecule has 1 N–H and O–H groups in total. The normalized spacial score (nSPS) is 10.3. The number of nitrogens with one attached hydrogen (secondary N) is 1. The van der Waals surface area contributed by atoms with Crippen LogP contribution in [-0.4, -0.2) is 26.3 Å². The standard InChI is InChI=1S/C12H15N5O/c1-3-13-11-7-14-10(6-15-11)8-17-12(18)4-9(2)5-16-17/h4-7H,3,8H2,1-2H3,(H,13,15). The Balaban J connectivity index is 2.16. The van der Waals surface area contributed by atoms with Crippen molar-refractivity contribution in [2.45, 2.75) is 20.4 Å². The highest BCUT2D eigenvalue weighted by Crippen LogP contribution is 2.01. The largest absolute Gasteiger partial charge is 0.369 e. The van der Waals surface area contributed by atoms with E-state index in [1.807, 2.05) is 13.8 Å². The number of hydrogen-bond donors (Lipinski definition) is 1. The highest BCUT2D eigenvalue weighted by atomic mass is 16.1. The van der Waals surface area contributed by atoms with Crippen molar-refractivity contribution in [1.82, 2.24) is 19.7 Å². The fourth-order valence-electron chi connectivity index (χ4n) is 1.51. The van der Waals surface area contributed by atoms with E-state index in [0.717, 1.165) is 17.9 Å². The summed E-state index contributed by atoms with van der Waals surface area (Å²) in [4.78, 5) is 20.1. The molecule has 0 unspecified atom stereocenters. The van der Waals surface area contributed by atoms with E-state index in [0.29, 0.717) is 12.2 Å². The van der Waals surface area contributed by atoms with Crippen LogP contribution in [0, 0.1) is 6.92 Å². The Bertz CT molecular complexity index is 576. The molecule has 2 rings (SSSR count). The summed E-state index contributed by atoms with van der Waals surface area (Å²) in [7, 11) is 0. The zero-order valence-corrected chi connectivity index (χ0v) is 10.4. The topological polar surface area (TPSA) is 72.7 Å². The molecule has 0 aliphatic heterocycles. The van der Waals surface area contributed by atoms with Crippen molar-refractivity contribution in [3.8, 4) is 0 Å². The van der Waals surface area contributed by atoms with Gasteiger partial charge in [-0.2, -0.15) is 5.10 Å². The van der Waals surface area contributed by atoms with Gasteiger partial charge in [0.25, 0.3) is 5.56 Å². The molecule has 6 heteroatoms. The number of nitrogens with zero attached hydrogens (tertiary/aromatic N) is 4. The predicted octanol–water partition coefficient (Wildman–Crippen LogP) is 0.822. The van der Waals surface area contributed by atoms with Crippen LogP contribution < -0.4 is 10.9 Å². The molecule has 18 heavy (non-hydrogen) atoms. The number of anilines is 1. The molecule has 0 aromatic carbocycles. The first kappa shape index (κ1) is 12.2. The van der Waals surface area contributed by atoms with Crippen molar-refractivity contribution < 1.29 is 0 Å². The second-order valence-corrected chi connectivity index (χ2v) is 3.95. The zero-order valence-electron chi connectivity index (χ0n) is 10.4. The molecule has 0 saturated heterocycles. The molecule has 0 atom stereocenters. The minimum atomic E-state index is -0.132. The van der Waals surface area contributed by atoms with Crippen LogP contribution in [0.3, 0.4) is 0 Å². The monoisotopic (exact) mass is 245 g/mol. The van der Waals surface area contributed by atoms with Crippen molar-refractivity contribution in [3.63, 3.8) is 0 Å². The fraction of sp³-hybridized carbons (Fsp3) is 0.333.